The van der Waals surface area contributed by atoms with Crippen molar-refractivity contribution < 1.29 is 19.1 Å². The number of nitrogens with zero attached hydrogens (tertiary/aromatic N) is 2. The fourth-order valence-corrected chi connectivity index (χ4v) is 4.43. The summed E-state index contributed by atoms with van der Waals surface area (Å²) < 4.78 is 10.8. The number of hydrogen-bond donors (Lipinski definition) is 2. The van der Waals surface area contributed by atoms with E-state index in [0.717, 1.165) is 24.4 Å². The molecule has 0 radical (unpaired) electrons. The number of hydrogen-bond acceptors (Lipinski definition) is 6. The van der Waals surface area contributed by atoms with Gasteiger partial charge in [-0.2, -0.15) is 0 Å². The Kier molecular flexibility index (Phi) is 6.22. The van der Waals surface area contributed by atoms with Crippen molar-refractivity contribution in [3.05, 3.63) is 46.5 Å². The molecule has 164 valence electrons. The van der Waals surface area contributed by atoms with E-state index in [2.05, 4.69) is 21.7 Å². The molecule has 0 saturated carbocycles. The molecule has 2 aromatic rings. The third-order valence-corrected chi connectivity index (χ3v) is 6.00. The van der Waals surface area contributed by atoms with Crippen LogP contribution in [0.4, 0.5) is 16.4 Å². The molecule has 8 nitrogen and oxygen atoms in total. The van der Waals surface area contributed by atoms with Crippen LogP contribution in [-0.4, -0.2) is 48.8 Å². The molecule has 3 aliphatic rings. The Morgan fingerprint density at radius 2 is 2.10 bits per heavy atom. The second-order valence-electron chi connectivity index (χ2n) is 7.69. The summed E-state index contributed by atoms with van der Waals surface area (Å²) in [5.74, 6) is 0.974. The molecular formula is C21H22Cl2N4O4. The fourth-order valence-electron chi connectivity index (χ4n) is 4.16. The Morgan fingerprint density at radius 3 is 2.94 bits per heavy atom. The SMILES string of the molecule is Cl.O=C1COc2ccc(N3CC(CCNC4Cc5cccc(Cl)c5C4)OC3=O)nc2N1. The van der Waals surface area contributed by atoms with Crippen molar-refractivity contribution in [2.75, 3.05) is 29.9 Å². The minimum atomic E-state index is -0.435. The van der Waals surface area contributed by atoms with Gasteiger partial charge in [-0.05, 0) is 55.1 Å². The molecule has 2 atom stereocenters. The Morgan fingerprint density at radius 1 is 1.23 bits per heavy atom. The molecule has 0 bridgehead atoms. The van der Waals surface area contributed by atoms with Gasteiger partial charge < -0.3 is 20.1 Å². The van der Waals surface area contributed by atoms with E-state index in [1.165, 1.54) is 16.0 Å². The third-order valence-electron chi connectivity index (χ3n) is 5.64. The zero-order valence-corrected chi connectivity index (χ0v) is 18.2. The molecule has 1 aromatic carbocycles. The number of aromatic nitrogens is 1. The van der Waals surface area contributed by atoms with Crippen LogP contribution in [0.2, 0.25) is 5.02 Å². The summed E-state index contributed by atoms with van der Waals surface area (Å²) >= 11 is 6.29. The van der Waals surface area contributed by atoms with Crippen LogP contribution in [0.15, 0.2) is 30.3 Å². The highest BCUT2D eigenvalue weighted by Crippen LogP contribution is 2.31. The number of halogens is 2. The van der Waals surface area contributed by atoms with E-state index in [0.29, 0.717) is 36.4 Å². The van der Waals surface area contributed by atoms with E-state index in [9.17, 15) is 9.59 Å². The molecule has 1 saturated heterocycles. The van der Waals surface area contributed by atoms with Crippen LogP contribution in [0.5, 0.6) is 5.75 Å². The maximum absolute atomic E-state index is 12.3. The van der Waals surface area contributed by atoms with E-state index >= 15 is 0 Å². The Labute approximate surface area is 190 Å². The second kappa shape index (κ2) is 8.90. The van der Waals surface area contributed by atoms with Crippen LogP contribution in [0.25, 0.3) is 0 Å². The minimum Gasteiger partial charge on any atom is -0.480 e. The summed E-state index contributed by atoms with van der Waals surface area (Å²) in [6.07, 6.45) is 1.92. The zero-order valence-electron chi connectivity index (χ0n) is 16.6. The predicted octanol–water partition coefficient (Wildman–Crippen LogP) is 2.96. The number of fused-ring (bicyclic) bond motifs is 2. The zero-order chi connectivity index (χ0) is 20.7. The summed E-state index contributed by atoms with van der Waals surface area (Å²) in [7, 11) is 0. The van der Waals surface area contributed by atoms with Gasteiger partial charge in [-0.3, -0.25) is 9.69 Å². The maximum atomic E-state index is 12.3. The van der Waals surface area contributed by atoms with Gasteiger partial charge in [-0.15, -0.1) is 12.4 Å². The normalized spacial score (nSPS) is 21.5. The minimum absolute atomic E-state index is 0. The number of carbonyl (C=O) groups excluding carboxylic acids is 2. The summed E-state index contributed by atoms with van der Waals surface area (Å²) in [5, 5.41) is 7.03. The molecule has 0 spiro atoms. The van der Waals surface area contributed by atoms with Crippen LogP contribution in [-0.2, 0) is 22.4 Å². The molecule has 2 unspecified atom stereocenters. The molecule has 5 rings (SSSR count). The molecule has 10 heteroatoms. The summed E-state index contributed by atoms with van der Waals surface area (Å²) in [6, 6.07) is 9.78. The maximum Gasteiger partial charge on any atom is 0.415 e. The first kappa shape index (κ1) is 21.7. The molecule has 31 heavy (non-hydrogen) atoms. The monoisotopic (exact) mass is 464 g/mol. The van der Waals surface area contributed by atoms with Gasteiger partial charge in [0.2, 0.25) is 0 Å². The largest absolute Gasteiger partial charge is 0.480 e. The van der Waals surface area contributed by atoms with Crippen LogP contribution in [0, 0.1) is 0 Å². The topological polar surface area (TPSA) is 92.8 Å². The number of benzene rings is 1. The van der Waals surface area contributed by atoms with E-state index in [1.807, 2.05) is 12.1 Å². The smallest absolute Gasteiger partial charge is 0.415 e. The van der Waals surface area contributed by atoms with E-state index in [-0.39, 0.29) is 31.0 Å². The average molecular weight is 465 g/mol. The molecule has 2 N–H and O–H groups in total. The van der Waals surface area contributed by atoms with Crippen molar-refractivity contribution in [2.24, 2.45) is 0 Å². The number of amides is 2. The van der Waals surface area contributed by atoms with Crippen LogP contribution in [0.1, 0.15) is 17.5 Å². The summed E-state index contributed by atoms with van der Waals surface area (Å²) in [5.41, 5.74) is 2.53. The van der Waals surface area contributed by atoms with E-state index in [4.69, 9.17) is 21.1 Å². The first-order chi connectivity index (χ1) is 14.6. The van der Waals surface area contributed by atoms with Gasteiger partial charge in [-0.1, -0.05) is 23.7 Å². The van der Waals surface area contributed by atoms with Gasteiger partial charge in [-0.25, -0.2) is 9.78 Å². The van der Waals surface area contributed by atoms with Gasteiger partial charge in [0.05, 0.1) is 6.54 Å². The highest BCUT2D eigenvalue weighted by atomic mass is 35.5. The van der Waals surface area contributed by atoms with Gasteiger partial charge >= 0.3 is 6.09 Å². The number of ether oxygens (including phenoxy) is 2. The summed E-state index contributed by atoms with van der Waals surface area (Å²) in [6.45, 7) is 1.12. The standard InChI is InChI=1S/C21H21ClN4O4.ClH/c22-16-3-1-2-12-8-13(9-15(12)16)23-7-6-14-10-26(21(28)30-14)18-5-4-17-20(24-18)25-19(27)11-29-17;/h1-5,13-14,23H,6-11H2,(H,24,25,27);1H. The molecule has 1 fully saturated rings. The van der Waals surface area contributed by atoms with Crippen LogP contribution < -0.4 is 20.3 Å². The lowest BCUT2D eigenvalue weighted by atomic mass is 10.1. The average Bonchev–Trinajstić information content (AvgIpc) is 3.31. The molecule has 1 aliphatic carbocycles. The van der Waals surface area contributed by atoms with Crippen molar-refractivity contribution in [1.29, 1.82) is 0 Å². The van der Waals surface area contributed by atoms with Crippen molar-refractivity contribution >= 4 is 47.6 Å². The number of anilines is 2. The lowest BCUT2D eigenvalue weighted by Gasteiger charge is -2.19. The number of cyclic esters (lactones) is 1. The van der Waals surface area contributed by atoms with Crippen molar-refractivity contribution in [1.82, 2.24) is 10.3 Å². The Hall–Kier alpha value is -2.55. The molecule has 2 amide bonds. The van der Waals surface area contributed by atoms with Crippen LogP contribution >= 0.6 is 24.0 Å². The van der Waals surface area contributed by atoms with Gasteiger partial charge in [0, 0.05) is 11.1 Å². The molecule has 2 aliphatic heterocycles. The molecule has 1 aromatic heterocycles. The third kappa shape index (κ3) is 4.42. The van der Waals surface area contributed by atoms with E-state index < -0.39 is 6.09 Å². The number of nitrogens with one attached hydrogen (secondary N) is 2. The lowest BCUT2D eigenvalue weighted by Crippen LogP contribution is -2.33. The number of carbonyl (C=O) groups is 2. The van der Waals surface area contributed by atoms with E-state index in [1.54, 1.807) is 12.1 Å². The predicted molar refractivity (Wildman–Crippen MR) is 118 cm³/mol. The number of rotatable bonds is 5. The van der Waals surface area contributed by atoms with Crippen LogP contribution in [0.3, 0.4) is 0 Å². The molecule has 3 heterocycles. The quantitative estimate of drug-likeness (QED) is 0.706. The molecular weight excluding hydrogens is 443 g/mol. The second-order valence-corrected chi connectivity index (χ2v) is 8.10. The highest BCUT2D eigenvalue weighted by Gasteiger charge is 2.34. The highest BCUT2D eigenvalue weighted by molar-refractivity contribution is 6.31. The van der Waals surface area contributed by atoms with Gasteiger partial charge in [0.15, 0.2) is 18.2 Å². The van der Waals surface area contributed by atoms with Gasteiger partial charge in [0.25, 0.3) is 5.91 Å². The summed E-state index contributed by atoms with van der Waals surface area (Å²) in [4.78, 5) is 29.7. The first-order valence-corrected chi connectivity index (χ1v) is 10.4. The van der Waals surface area contributed by atoms with Crippen molar-refractivity contribution in [2.45, 2.75) is 31.4 Å². The Balaban J connectivity index is 0.00000231. The fraction of sp³-hybridized carbons (Fsp3) is 0.381. The lowest BCUT2D eigenvalue weighted by molar-refractivity contribution is -0.118. The van der Waals surface area contributed by atoms with Gasteiger partial charge in [0.1, 0.15) is 11.9 Å². The van der Waals surface area contributed by atoms with Crippen molar-refractivity contribution in [3.63, 3.8) is 0 Å². The number of pyridine rings is 1. The Bertz CT molecular complexity index is 1020. The van der Waals surface area contributed by atoms with Crippen molar-refractivity contribution in [3.8, 4) is 5.75 Å². The first-order valence-electron chi connectivity index (χ1n) is 9.98.